The molecule has 1 aromatic heterocycles. The molecule has 0 radical (unpaired) electrons. The lowest BCUT2D eigenvalue weighted by Crippen LogP contribution is -2.22. The van der Waals surface area contributed by atoms with Gasteiger partial charge in [-0.3, -0.25) is 9.36 Å². The lowest BCUT2D eigenvalue weighted by Gasteiger charge is -2.10. The van der Waals surface area contributed by atoms with E-state index >= 15 is 0 Å². The Morgan fingerprint density at radius 1 is 1.08 bits per heavy atom. The van der Waals surface area contributed by atoms with Gasteiger partial charge in [-0.2, -0.15) is 13.2 Å². The molecule has 0 atom stereocenters. The molecule has 0 fully saturated rings. The smallest absolute Gasteiger partial charge is 0.416 e. The minimum Gasteiger partial charge on any atom is -0.505 e. The van der Waals surface area contributed by atoms with Crippen LogP contribution < -0.4 is 5.56 Å². The molecule has 2 aromatic carbocycles. The molecule has 0 unspecified atom stereocenters. The molecular weight excluding hydrogens is 352 g/mol. The van der Waals surface area contributed by atoms with Crippen LogP contribution in [0.25, 0.3) is 11.1 Å². The number of rotatable bonds is 3. The summed E-state index contributed by atoms with van der Waals surface area (Å²) in [5.74, 6) is -1.41. The first kappa shape index (κ1) is 17.7. The summed E-state index contributed by atoms with van der Waals surface area (Å²) in [7, 11) is 0. The van der Waals surface area contributed by atoms with E-state index in [-0.39, 0.29) is 17.7 Å². The highest BCUT2D eigenvalue weighted by atomic mass is 19.4. The van der Waals surface area contributed by atoms with Gasteiger partial charge in [0.25, 0.3) is 5.56 Å². The van der Waals surface area contributed by atoms with Crippen molar-refractivity contribution in [3.63, 3.8) is 0 Å². The summed E-state index contributed by atoms with van der Waals surface area (Å²) < 4.78 is 52.5. The van der Waals surface area contributed by atoms with E-state index in [4.69, 9.17) is 0 Å². The zero-order chi connectivity index (χ0) is 18.9. The average molecular weight is 364 g/mol. The molecule has 134 valence electrons. The third-order valence-electron chi connectivity index (χ3n) is 3.79. The highest BCUT2D eigenvalue weighted by Gasteiger charge is 2.29. The number of aromatic nitrogens is 2. The highest BCUT2D eigenvalue weighted by Crippen LogP contribution is 2.29. The maximum Gasteiger partial charge on any atom is 0.416 e. The van der Waals surface area contributed by atoms with Crippen LogP contribution in [0, 0.1) is 5.82 Å². The van der Waals surface area contributed by atoms with Crippen molar-refractivity contribution in [2.45, 2.75) is 12.7 Å². The lowest BCUT2D eigenvalue weighted by atomic mass is 10.1. The second-order valence-electron chi connectivity index (χ2n) is 5.60. The Morgan fingerprint density at radius 3 is 2.38 bits per heavy atom. The van der Waals surface area contributed by atoms with Gasteiger partial charge < -0.3 is 5.11 Å². The van der Waals surface area contributed by atoms with Crippen LogP contribution in [0.3, 0.4) is 0 Å². The Labute approximate surface area is 145 Å². The first-order valence-electron chi connectivity index (χ1n) is 7.45. The van der Waals surface area contributed by atoms with Crippen LogP contribution >= 0.6 is 0 Å². The second kappa shape index (κ2) is 6.62. The highest BCUT2D eigenvalue weighted by molar-refractivity contribution is 5.62. The van der Waals surface area contributed by atoms with Gasteiger partial charge in [-0.1, -0.05) is 18.2 Å². The zero-order valence-electron chi connectivity index (χ0n) is 13.2. The first-order valence-corrected chi connectivity index (χ1v) is 7.45. The normalized spacial score (nSPS) is 11.5. The van der Waals surface area contributed by atoms with Gasteiger partial charge >= 0.3 is 6.18 Å². The van der Waals surface area contributed by atoms with Gasteiger partial charge in [-0.15, -0.1) is 0 Å². The number of aromatic hydroxyl groups is 1. The van der Waals surface area contributed by atoms with E-state index in [0.717, 1.165) is 24.3 Å². The lowest BCUT2D eigenvalue weighted by molar-refractivity contribution is -0.137. The molecule has 3 aromatic rings. The van der Waals surface area contributed by atoms with E-state index in [1.165, 1.54) is 35.3 Å². The number of nitrogens with zero attached hydrogens (tertiary/aromatic N) is 2. The van der Waals surface area contributed by atoms with Crippen LogP contribution in [-0.4, -0.2) is 14.7 Å². The molecule has 1 heterocycles. The fraction of sp³-hybridized carbons (Fsp3) is 0.111. The summed E-state index contributed by atoms with van der Waals surface area (Å²) in [5.41, 5.74) is -0.432. The number of phenols is 1. The number of hydrogen-bond donors (Lipinski definition) is 1. The molecule has 0 bridgehead atoms. The summed E-state index contributed by atoms with van der Waals surface area (Å²) in [5, 5.41) is 9.23. The van der Waals surface area contributed by atoms with Gasteiger partial charge in [0.1, 0.15) is 0 Å². The summed E-state index contributed by atoms with van der Waals surface area (Å²) >= 11 is 0. The fourth-order valence-electron chi connectivity index (χ4n) is 2.43. The molecule has 26 heavy (non-hydrogen) atoms. The van der Waals surface area contributed by atoms with Crippen LogP contribution in [-0.2, 0) is 12.7 Å². The summed E-state index contributed by atoms with van der Waals surface area (Å²) in [4.78, 5) is 16.5. The zero-order valence-corrected chi connectivity index (χ0v) is 13.2. The maximum atomic E-state index is 13.5. The third kappa shape index (κ3) is 3.58. The van der Waals surface area contributed by atoms with E-state index in [1.807, 2.05) is 0 Å². The van der Waals surface area contributed by atoms with Crippen molar-refractivity contribution < 1.29 is 22.7 Å². The van der Waals surface area contributed by atoms with Crippen molar-refractivity contribution in [2.24, 2.45) is 0 Å². The van der Waals surface area contributed by atoms with E-state index in [1.54, 1.807) is 0 Å². The fourth-order valence-corrected chi connectivity index (χ4v) is 2.43. The molecule has 8 heteroatoms. The molecule has 0 saturated carbocycles. The topological polar surface area (TPSA) is 55.1 Å². The molecule has 0 saturated heterocycles. The van der Waals surface area contributed by atoms with Crippen molar-refractivity contribution in [1.82, 2.24) is 9.55 Å². The molecular formula is C18H12F4N2O2. The Kier molecular flexibility index (Phi) is 4.50. The van der Waals surface area contributed by atoms with Gasteiger partial charge in [0.05, 0.1) is 24.0 Å². The van der Waals surface area contributed by atoms with Gasteiger partial charge in [0.2, 0.25) is 0 Å². The number of phenolic OH excluding ortho intramolecular Hbond substituents is 1. The molecule has 4 nitrogen and oxygen atoms in total. The molecule has 0 aliphatic rings. The number of alkyl halides is 3. The van der Waals surface area contributed by atoms with Crippen LogP contribution in [0.4, 0.5) is 17.6 Å². The third-order valence-corrected chi connectivity index (χ3v) is 3.79. The SMILES string of the molecule is O=c1c(-c2ccc(O)c(F)c2)cncn1Cc1ccc(C(F)(F)F)cc1. The first-order chi connectivity index (χ1) is 12.3. The predicted molar refractivity (Wildman–Crippen MR) is 86.1 cm³/mol. The average Bonchev–Trinajstić information content (AvgIpc) is 2.59. The van der Waals surface area contributed by atoms with Crippen molar-refractivity contribution >= 4 is 0 Å². The van der Waals surface area contributed by atoms with E-state index in [0.29, 0.717) is 5.56 Å². The number of halogens is 4. The van der Waals surface area contributed by atoms with Crippen molar-refractivity contribution in [2.75, 3.05) is 0 Å². The molecule has 0 amide bonds. The molecule has 3 rings (SSSR count). The number of benzene rings is 2. The molecule has 0 aliphatic heterocycles. The predicted octanol–water partition coefficient (Wildman–Crippen LogP) is 3.82. The van der Waals surface area contributed by atoms with E-state index in [9.17, 15) is 27.5 Å². The quantitative estimate of drug-likeness (QED) is 0.719. The van der Waals surface area contributed by atoms with Crippen LogP contribution in [0.2, 0.25) is 0 Å². The Morgan fingerprint density at radius 2 is 1.77 bits per heavy atom. The van der Waals surface area contributed by atoms with Gasteiger partial charge in [0, 0.05) is 6.20 Å². The molecule has 1 N–H and O–H groups in total. The van der Waals surface area contributed by atoms with Gasteiger partial charge in [-0.05, 0) is 35.4 Å². The van der Waals surface area contributed by atoms with Crippen molar-refractivity contribution in [1.29, 1.82) is 0 Å². The monoisotopic (exact) mass is 364 g/mol. The standard InChI is InChI=1S/C18H12F4N2O2/c19-15-7-12(3-6-16(15)25)14-8-23-10-24(17(14)26)9-11-1-4-13(5-2-11)18(20,21)22/h1-8,10,25H,9H2. The van der Waals surface area contributed by atoms with Gasteiger partial charge in [0.15, 0.2) is 11.6 Å². The minimum absolute atomic E-state index is 0.0123. The van der Waals surface area contributed by atoms with E-state index < -0.39 is 28.9 Å². The van der Waals surface area contributed by atoms with Crippen molar-refractivity contribution in [3.05, 3.63) is 82.3 Å². The summed E-state index contributed by atoms with van der Waals surface area (Å²) in [6.45, 7) is 0.0123. The summed E-state index contributed by atoms with van der Waals surface area (Å²) in [6.07, 6.45) is -1.92. The van der Waals surface area contributed by atoms with Crippen LogP contribution in [0.5, 0.6) is 5.75 Å². The summed E-state index contributed by atoms with van der Waals surface area (Å²) in [6, 6.07) is 7.94. The Balaban J connectivity index is 1.92. The van der Waals surface area contributed by atoms with Gasteiger partial charge in [-0.25, -0.2) is 9.37 Å². The van der Waals surface area contributed by atoms with E-state index in [2.05, 4.69) is 4.98 Å². The van der Waals surface area contributed by atoms with Crippen LogP contribution in [0.15, 0.2) is 59.8 Å². The Hall–Kier alpha value is -3.16. The van der Waals surface area contributed by atoms with Crippen molar-refractivity contribution in [3.8, 4) is 16.9 Å². The van der Waals surface area contributed by atoms with Crippen LogP contribution in [0.1, 0.15) is 11.1 Å². The maximum absolute atomic E-state index is 13.5. The molecule has 0 spiro atoms. The number of hydrogen-bond acceptors (Lipinski definition) is 3. The molecule has 0 aliphatic carbocycles. The second-order valence-corrected chi connectivity index (χ2v) is 5.60. The largest absolute Gasteiger partial charge is 0.505 e. The Bertz CT molecular complexity index is 995. The minimum atomic E-state index is -4.43.